The minimum atomic E-state index is 0.568. The Labute approximate surface area is 131 Å². The van der Waals surface area contributed by atoms with Crippen molar-refractivity contribution >= 4 is 40.2 Å². The lowest BCUT2D eigenvalue weighted by atomic mass is 10.1. The van der Waals surface area contributed by atoms with Crippen molar-refractivity contribution in [1.29, 1.82) is 0 Å². The van der Waals surface area contributed by atoms with Crippen molar-refractivity contribution in [2.75, 3.05) is 11.9 Å². The molecule has 0 aliphatic rings. The SMILES string of the molecule is Cn1ncc2nc(NCCc3ccc(Cl)c(Cl)c3)ncc21. The van der Waals surface area contributed by atoms with E-state index in [9.17, 15) is 0 Å². The number of nitrogens with zero attached hydrogens (tertiary/aromatic N) is 4. The van der Waals surface area contributed by atoms with Gasteiger partial charge in [-0.3, -0.25) is 4.68 Å². The number of rotatable bonds is 4. The van der Waals surface area contributed by atoms with Gasteiger partial charge in [0, 0.05) is 13.6 Å². The Kier molecular flexibility index (Phi) is 3.94. The van der Waals surface area contributed by atoms with Gasteiger partial charge in [-0.15, -0.1) is 0 Å². The summed E-state index contributed by atoms with van der Waals surface area (Å²) >= 11 is 11.9. The first-order chi connectivity index (χ1) is 10.1. The second-order valence-electron chi connectivity index (χ2n) is 4.66. The maximum Gasteiger partial charge on any atom is 0.223 e. The van der Waals surface area contributed by atoms with Gasteiger partial charge in [-0.25, -0.2) is 9.97 Å². The van der Waals surface area contributed by atoms with Gasteiger partial charge >= 0.3 is 0 Å². The van der Waals surface area contributed by atoms with Gasteiger partial charge < -0.3 is 5.32 Å². The van der Waals surface area contributed by atoms with Crippen LogP contribution in [-0.4, -0.2) is 26.3 Å². The molecule has 0 amide bonds. The second kappa shape index (κ2) is 5.87. The molecule has 2 heterocycles. The predicted octanol–water partition coefficient (Wildman–Crippen LogP) is 3.32. The van der Waals surface area contributed by atoms with Crippen LogP contribution < -0.4 is 5.32 Å². The Morgan fingerprint density at radius 3 is 2.86 bits per heavy atom. The Balaban J connectivity index is 1.64. The molecule has 0 aliphatic carbocycles. The van der Waals surface area contributed by atoms with E-state index in [0.29, 0.717) is 22.5 Å². The molecule has 0 saturated carbocycles. The van der Waals surface area contributed by atoms with Gasteiger partial charge in [-0.1, -0.05) is 29.3 Å². The van der Waals surface area contributed by atoms with E-state index in [2.05, 4.69) is 20.4 Å². The van der Waals surface area contributed by atoms with Crippen molar-refractivity contribution in [2.45, 2.75) is 6.42 Å². The maximum atomic E-state index is 5.99. The third-order valence-corrected chi connectivity index (χ3v) is 3.92. The number of benzene rings is 1. The van der Waals surface area contributed by atoms with Crippen molar-refractivity contribution in [3.8, 4) is 0 Å². The van der Waals surface area contributed by atoms with E-state index < -0.39 is 0 Å². The summed E-state index contributed by atoms with van der Waals surface area (Å²) in [5.41, 5.74) is 2.84. The van der Waals surface area contributed by atoms with Gasteiger partial charge in [0.1, 0.15) is 11.0 Å². The fourth-order valence-electron chi connectivity index (χ4n) is 2.04. The molecular weight excluding hydrogens is 309 g/mol. The van der Waals surface area contributed by atoms with E-state index >= 15 is 0 Å². The molecule has 3 aromatic rings. The maximum absolute atomic E-state index is 5.99. The fraction of sp³-hybridized carbons (Fsp3) is 0.214. The number of aryl methyl sites for hydroxylation is 1. The molecule has 3 rings (SSSR count). The highest BCUT2D eigenvalue weighted by atomic mass is 35.5. The molecule has 0 aliphatic heterocycles. The molecule has 5 nitrogen and oxygen atoms in total. The van der Waals surface area contributed by atoms with Crippen molar-refractivity contribution < 1.29 is 0 Å². The summed E-state index contributed by atoms with van der Waals surface area (Å²) in [6.45, 7) is 0.712. The number of aromatic nitrogens is 4. The van der Waals surface area contributed by atoms with Crippen LogP contribution in [0.5, 0.6) is 0 Å². The minimum absolute atomic E-state index is 0.568. The Morgan fingerprint density at radius 1 is 1.19 bits per heavy atom. The first kappa shape index (κ1) is 14.1. The van der Waals surface area contributed by atoms with Crippen molar-refractivity contribution in [2.24, 2.45) is 7.05 Å². The van der Waals surface area contributed by atoms with Crippen LogP contribution in [0.2, 0.25) is 10.0 Å². The first-order valence-electron chi connectivity index (χ1n) is 6.46. The highest BCUT2D eigenvalue weighted by Crippen LogP contribution is 2.22. The molecule has 1 aromatic carbocycles. The van der Waals surface area contributed by atoms with Gasteiger partial charge in [-0.05, 0) is 24.1 Å². The summed E-state index contributed by atoms with van der Waals surface area (Å²) in [5.74, 6) is 0.593. The number of fused-ring (bicyclic) bond motifs is 1. The van der Waals surface area contributed by atoms with Gasteiger partial charge in [0.2, 0.25) is 5.95 Å². The lowest BCUT2D eigenvalue weighted by Gasteiger charge is -2.06. The molecule has 108 valence electrons. The van der Waals surface area contributed by atoms with Crippen molar-refractivity contribution in [3.63, 3.8) is 0 Å². The lowest BCUT2D eigenvalue weighted by molar-refractivity contribution is 0.795. The molecule has 0 atom stereocenters. The smallest absolute Gasteiger partial charge is 0.223 e. The molecule has 0 fully saturated rings. The number of anilines is 1. The molecule has 0 unspecified atom stereocenters. The second-order valence-corrected chi connectivity index (χ2v) is 5.47. The summed E-state index contributed by atoms with van der Waals surface area (Å²) in [4.78, 5) is 8.68. The largest absolute Gasteiger partial charge is 0.354 e. The topological polar surface area (TPSA) is 55.6 Å². The van der Waals surface area contributed by atoms with Gasteiger partial charge in [0.05, 0.1) is 22.4 Å². The van der Waals surface area contributed by atoms with Gasteiger partial charge in [0.25, 0.3) is 0 Å². The quantitative estimate of drug-likeness (QED) is 0.800. The molecule has 0 radical (unpaired) electrons. The third kappa shape index (κ3) is 3.09. The molecule has 21 heavy (non-hydrogen) atoms. The van der Waals surface area contributed by atoms with E-state index in [1.54, 1.807) is 23.1 Å². The van der Waals surface area contributed by atoms with Crippen molar-refractivity contribution in [1.82, 2.24) is 19.7 Å². The fourth-order valence-corrected chi connectivity index (χ4v) is 2.36. The van der Waals surface area contributed by atoms with Gasteiger partial charge in [-0.2, -0.15) is 5.10 Å². The average molecular weight is 322 g/mol. The Hall–Kier alpha value is -1.85. The number of nitrogens with one attached hydrogen (secondary N) is 1. The molecule has 1 N–H and O–H groups in total. The van der Waals surface area contributed by atoms with E-state index in [1.165, 1.54) is 0 Å². The zero-order chi connectivity index (χ0) is 14.8. The highest BCUT2D eigenvalue weighted by molar-refractivity contribution is 6.42. The predicted molar refractivity (Wildman–Crippen MR) is 85.0 cm³/mol. The zero-order valence-electron chi connectivity index (χ0n) is 11.3. The van der Waals surface area contributed by atoms with Crippen LogP contribution in [0.25, 0.3) is 11.0 Å². The molecule has 2 aromatic heterocycles. The highest BCUT2D eigenvalue weighted by Gasteiger charge is 2.04. The van der Waals surface area contributed by atoms with E-state index in [1.807, 2.05) is 19.2 Å². The van der Waals surface area contributed by atoms with Crippen LogP contribution in [0.1, 0.15) is 5.56 Å². The molecule has 0 saturated heterocycles. The summed E-state index contributed by atoms with van der Waals surface area (Å²) in [6.07, 6.45) is 4.29. The van der Waals surface area contributed by atoms with Crippen LogP contribution in [0.15, 0.2) is 30.6 Å². The Bertz CT molecular complexity index is 784. The third-order valence-electron chi connectivity index (χ3n) is 3.18. The minimum Gasteiger partial charge on any atom is -0.354 e. The summed E-state index contributed by atoms with van der Waals surface area (Å²) in [5, 5.41) is 8.47. The van der Waals surface area contributed by atoms with Crippen LogP contribution in [-0.2, 0) is 13.5 Å². The van der Waals surface area contributed by atoms with Crippen LogP contribution in [0, 0.1) is 0 Å². The van der Waals surface area contributed by atoms with Crippen LogP contribution >= 0.6 is 23.2 Å². The zero-order valence-corrected chi connectivity index (χ0v) is 12.9. The summed E-state index contributed by atoms with van der Waals surface area (Å²) in [6, 6.07) is 5.63. The number of hydrogen-bond donors (Lipinski definition) is 1. The molecule has 7 heteroatoms. The first-order valence-corrected chi connectivity index (χ1v) is 7.21. The van der Waals surface area contributed by atoms with E-state index in [4.69, 9.17) is 23.2 Å². The molecular formula is C14H13Cl2N5. The number of hydrogen-bond acceptors (Lipinski definition) is 4. The molecule has 0 bridgehead atoms. The van der Waals surface area contributed by atoms with Gasteiger partial charge in [0.15, 0.2) is 0 Å². The Morgan fingerprint density at radius 2 is 2.05 bits per heavy atom. The standard InChI is InChI=1S/C14H13Cl2N5/c1-21-13-8-18-14(20-12(13)7-19-21)17-5-4-9-2-3-10(15)11(16)6-9/h2-3,6-8H,4-5H2,1H3,(H,17,18,20). The molecule has 0 spiro atoms. The number of halogens is 2. The summed E-state index contributed by atoms with van der Waals surface area (Å²) in [7, 11) is 1.86. The van der Waals surface area contributed by atoms with Crippen LogP contribution in [0.3, 0.4) is 0 Å². The summed E-state index contributed by atoms with van der Waals surface area (Å²) < 4.78 is 1.74. The van der Waals surface area contributed by atoms with Crippen molar-refractivity contribution in [3.05, 3.63) is 46.2 Å². The average Bonchev–Trinajstić information content (AvgIpc) is 2.84. The lowest BCUT2D eigenvalue weighted by Crippen LogP contribution is -2.08. The normalized spacial score (nSPS) is 11.0. The van der Waals surface area contributed by atoms with E-state index in [0.717, 1.165) is 23.0 Å². The monoisotopic (exact) mass is 321 g/mol. The van der Waals surface area contributed by atoms with E-state index in [-0.39, 0.29) is 0 Å². The van der Waals surface area contributed by atoms with Crippen LogP contribution in [0.4, 0.5) is 5.95 Å².